The van der Waals surface area contributed by atoms with E-state index in [0.29, 0.717) is 5.33 Å². The van der Waals surface area contributed by atoms with Crippen LogP contribution < -0.4 is 4.90 Å². The van der Waals surface area contributed by atoms with Crippen molar-refractivity contribution < 1.29 is 4.39 Å². The molecule has 0 aromatic heterocycles. The Labute approximate surface area is 98.4 Å². The lowest BCUT2D eigenvalue weighted by Crippen LogP contribution is -2.20. The average molecular weight is 272 g/mol. The zero-order valence-corrected chi connectivity index (χ0v) is 10.4. The van der Waals surface area contributed by atoms with Crippen molar-refractivity contribution in [1.82, 2.24) is 0 Å². The summed E-state index contributed by atoms with van der Waals surface area (Å²) in [4.78, 5) is 2.28. The van der Waals surface area contributed by atoms with Crippen LogP contribution in [-0.4, -0.2) is 13.1 Å². The summed E-state index contributed by atoms with van der Waals surface area (Å²) in [7, 11) is 0. The molecule has 3 heteroatoms. The normalized spacial score (nSPS) is 21.0. The van der Waals surface area contributed by atoms with Gasteiger partial charge >= 0.3 is 0 Å². The van der Waals surface area contributed by atoms with Gasteiger partial charge in [-0.25, -0.2) is 4.39 Å². The molecule has 2 rings (SSSR count). The number of rotatable bonds is 2. The molecule has 0 aliphatic carbocycles. The number of alkyl halides is 1. The van der Waals surface area contributed by atoms with Crippen LogP contribution >= 0.6 is 15.9 Å². The first kappa shape index (κ1) is 10.9. The largest absolute Gasteiger partial charge is 0.371 e. The second kappa shape index (κ2) is 4.52. The molecular weight excluding hydrogens is 257 g/mol. The Morgan fingerprint density at radius 3 is 2.93 bits per heavy atom. The Bertz CT molecular complexity index is 353. The molecule has 0 N–H and O–H groups in total. The molecule has 0 bridgehead atoms. The summed E-state index contributed by atoms with van der Waals surface area (Å²) in [6.45, 7) is 4.33. The summed E-state index contributed by atoms with van der Waals surface area (Å²) in [6, 6.07) is 5.33. The minimum absolute atomic E-state index is 0.107. The zero-order chi connectivity index (χ0) is 10.8. The van der Waals surface area contributed by atoms with Crippen molar-refractivity contribution in [3.05, 3.63) is 29.6 Å². The highest BCUT2D eigenvalue weighted by Crippen LogP contribution is 2.29. The van der Waals surface area contributed by atoms with Crippen LogP contribution in [0.25, 0.3) is 0 Å². The van der Waals surface area contributed by atoms with Gasteiger partial charge < -0.3 is 4.90 Å². The summed E-state index contributed by atoms with van der Waals surface area (Å²) < 4.78 is 13.5. The Hall–Kier alpha value is -0.570. The highest BCUT2D eigenvalue weighted by atomic mass is 79.9. The quantitative estimate of drug-likeness (QED) is 0.744. The number of anilines is 1. The number of hydrogen-bond donors (Lipinski definition) is 0. The molecule has 1 unspecified atom stereocenters. The van der Waals surface area contributed by atoms with Crippen molar-refractivity contribution in [3.63, 3.8) is 0 Å². The summed E-state index contributed by atoms with van der Waals surface area (Å²) in [5, 5.41) is 0.583. The minimum Gasteiger partial charge on any atom is -0.371 e. The van der Waals surface area contributed by atoms with Crippen molar-refractivity contribution in [2.24, 2.45) is 5.92 Å². The van der Waals surface area contributed by atoms with Gasteiger partial charge in [0, 0.05) is 29.7 Å². The highest BCUT2D eigenvalue weighted by molar-refractivity contribution is 9.08. The van der Waals surface area contributed by atoms with E-state index in [0.717, 1.165) is 30.3 Å². The van der Waals surface area contributed by atoms with Gasteiger partial charge in [-0.3, -0.25) is 0 Å². The van der Waals surface area contributed by atoms with Crippen LogP contribution in [-0.2, 0) is 5.33 Å². The average Bonchev–Trinajstić information content (AvgIpc) is 2.64. The molecule has 0 saturated carbocycles. The Morgan fingerprint density at radius 1 is 1.53 bits per heavy atom. The number of nitrogens with zero attached hydrogens (tertiary/aromatic N) is 1. The van der Waals surface area contributed by atoms with E-state index in [-0.39, 0.29) is 5.82 Å². The van der Waals surface area contributed by atoms with Crippen molar-refractivity contribution >= 4 is 21.6 Å². The van der Waals surface area contributed by atoms with E-state index in [1.54, 1.807) is 6.07 Å². The van der Waals surface area contributed by atoms with Crippen LogP contribution in [0.5, 0.6) is 0 Å². The highest BCUT2D eigenvalue weighted by Gasteiger charge is 2.21. The molecule has 1 aliphatic rings. The fourth-order valence-corrected chi connectivity index (χ4v) is 2.68. The van der Waals surface area contributed by atoms with Crippen molar-refractivity contribution in [1.29, 1.82) is 0 Å². The third kappa shape index (κ3) is 2.17. The Balaban J connectivity index is 2.31. The van der Waals surface area contributed by atoms with E-state index in [1.165, 1.54) is 12.5 Å². The lowest BCUT2D eigenvalue weighted by atomic mass is 10.1. The van der Waals surface area contributed by atoms with Gasteiger partial charge in [0.1, 0.15) is 5.82 Å². The van der Waals surface area contributed by atoms with Crippen LogP contribution in [0.3, 0.4) is 0 Å². The van der Waals surface area contributed by atoms with E-state index in [4.69, 9.17) is 0 Å². The second-order valence-electron chi connectivity index (χ2n) is 4.21. The smallest absolute Gasteiger partial charge is 0.129 e. The molecule has 1 atom stereocenters. The van der Waals surface area contributed by atoms with Crippen LogP contribution in [0.1, 0.15) is 18.9 Å². The SMILES string of the molecule is CC1CCN(c2cccc(F)c2CBr)C1. The van der Waals surface area contributed by atoms with Gasteiger partial charge in [0.2, 0.25) is 0 Å². The molecule has 15 heavy (non-hydrogen) atoms. The molecular formula is C12H15BrFN. The summed E-state index contributed by atoms with van der Waals surface area (Å²) in [5.74, 6) is 0.611. The Kier molecular flexibility index (Phi) is 3.29. The predicted octanol–water partition coefficient (Wildman–Crippen LogP) is 3.57. The lowest BCUT2D eigenvalue weighted by Gasteiger charge is -2.21. The van der Waals surface area contributed by atoms with Crippen molar-refractivity contribution in [2.45, 2.75) is 18.7 Å². The molecule has 1 aliphatic heterocycles. The fourth-order valence-electron chi connectivity index (χ4n) is 2.13. The molecule has 0 spiro atoms. The van der Waals surface area contributed by atoms with Crippen LogP contribution in [0.2, 0.25) is 0 Å². The van der Waals surface area contributed by atoms with Gasteiger partial charge in [-0.05, 0) is 24.5 Å². The number of hydrogen-bond acceptors (Lipinski definition) is 1. The first-order chi connectivity index (χ1) is 7.22. The van der Waals surface area contributed by atoms with E-state index < -0.39 is 0 Å². The van der Waals surface area contributed by atoms with Gasteiger partial charge in [0.05, 0.1) is 0 Å². The van der Waals surface area contributed by atoms with Gasteiger partial charge in [0.15, 0.2) is 0 Å². The fraction of sp³-hybridized carbons (Fsp3) is 0.500. The van der Waals surface area contributed by atoms with E-state index in [2.05, 4.69) is 27.8 Å². The maximum atomic E-state index is 13.5. The molecule has 1 nitrogen and oxygen atoms in total. The summed E-state index contributed by atoms with van der Waals surface area (Å²) in [6.07, 6.45) is 1.21. The molecule has 1 aromatic carbocycles. The Morgan fingerprint density at radius 2 is 2.33 bits per heavy atom. The molecule has 0 amide bonds. The molecule has 1 aromatic rings. The summed E-state index contributed by atoms with van der Waals surface area (Å²) in [5.41, 5.74) is 1.84. The molecule has 1 fully saturated rings. The molecule has 82 valence electrons. The minimum atomic E-state index is -0.107. The van der Waals surface area contributed by atoms with Gasteiger partial charge in [-0.15, -0.1) is 0 Å². The second-order valence-corrected chi connectivity index (χ2v) is 4.77. The molecule has 1 saturated heterocycles. The van der Waals surface area contributed by atoms with E-state index in [9.17, 15) is 4.39 Å². The monoisotopic (exact) mass is 271 g/mol. The zero-order valence-electron chi connectivity index (χ0n) is 8.84. The maximum Gasteiger partial charge on any atom is 0.129 e. The first-order valence-electron chi connectivity index (χ1n) is 5.30. The molecule has 0 radical (unpaired) electrons. The van der Waals surface area contributed by atoms with Gasteiger partial charge in [-0.1, -0.05) is 28.9 Å². The van der Waals surface area contributed by atoms with Crippen molar-refractivity contribution in [2.75, 3.05) is 18.0 Å². The first-order valence-corrected chi connectivity index (χ1v) is 6.43. The lowest BCUT2D eigenvalue weighted by molar-refractivity contribution is 0.616. The van der Waals surface area contributed by atoms with E-state index in [1.807, 2.05) is 6.07 Å². The van der Waals surface area contributed by atoms with Gasteiger partial charge in [0.25, 0.3) is 0 Å². The maximum absolute atomic E-state index is 13.5. The van der Waals surface area contributed by atoms with E-state index >= 15 is 0 Å². The van der Waals surface area contributed by atoms with Crippen LogP contribution in [0.4, 0.5) is 10.1 Å². The summed E-state index contributed by atoms with van der Waals surface area (Å²) >= 11 is 3.35. The third-order valence-electron chi connectivity index (χ3n) is 2.99. The van der Waals surface area contributed by atoms with Crippen molar-refractivity contribution in [3.8, 4) is 0 Å². The van der Waals surface area contributed by atoms with Crippen LogP contribution in [0, 0.1) is 11.7 Å². The molecule has 1 heterocycles. The van der Waals surface area contributed by atoms with Crippen LogP contribution in [0.15, 0.2) is 18.2 Å². The predicted molar refractivity (Wildman–Crippen MR) is 65.0 cm³/mol. The number of halogens is 2. The topological polar surface area (TPSA) is 3.24 Å². The standard InChI is InChI=1S/C12H15BrFN/c1-9-5-6-15(8-9)12-4-2-3-11(14)10(12)7-13/h2-4,9H,5-8H2,1H3. The number of benzene rings is 1. The van der Waals surface area contributed by atoms with Gasteiger partial charge in [-0.2, -0.15) is 0 Å². The third-order valence-corrected chi connectivity index (χ3v) is 3.55.